The fourth-order valence-corrected chi connectivity index (χ4v) is 2.32. The molecule has 3 nitrogen and oxygen atoms in total. The Labute approximate surface area is 123 Å². The minimum atomic E-state index is -0.0231. The predicted octanol–water partition coefficient (Wildman–Crippen LogP) is 4.30. The number of hydrogen-bond donors (Lipinski definition) is 1. The molecule has 0 saturated heterocycles. The third kappa shape index (κ3) is 2.50. The van der Waals surface area contributed by atoms with Crippen molar-refractivity contribution in [1.82, 2.24) is 9.97 Å². The molecule has 2 aromatic carbocycles. The number of nitrogens with one attached hydrogen (secondary N) is 1. The minimum absolute atomic E-state index is 0.0231. The number of carbonyl (C=O) groups excluding carboxylic acids is 1. The van der Waals surface area contributed by atoms with E-state index in [9.17, 15) is 4.79 Å². The molecule has 0 aliphatic rings. The molecular formula is C18H16N2O. The fraction of sp³-hybridized carbons (Fsp3) is 0.111. The Balaban J connectivity index is 2.14. The van der Waals surface area contributed by atoms with Gasteiger partial charge in [0.05, 0.1) is 5.52 Å². The average molecular weight is 276 g/mol. The second-order valence-corrected chi connectivity index (χ2v) is 5.02. The van der Waals surface area contributed by atoms with Crippen molar-refractivity contribution in [2.45, 2.75) is 13.8 Å². The van der Waals surface area contributed by atoms with Crippen molar-refractivity contribution in [3.05, 3.63) is 65.7 Å². The first kappa shape index (κ1) is 13.3. The smallest absolute Gasteiger partial charge is 0.187 e. The normalized spacial score (nSPS) is 11.3. The highest BCUT2D eigenvalue weighted by Gasteiger charge is 2.12. The molecule has 0 aliphatic heterocycles. The number of hydrogen-bond acceptors (Lipinski definition) is 2. The molecule has 1 N–H and O–H groups in total. The monoisotopic (exact) mass is 276 g/mol. The maximum atomic E-state index is 12.1. The van der Waals surface area contributed by atoms with Crippen LogP contribution in [0.3, 0.4) is 0 Å². The summed E-state index contributed by atoms with van der Waals surface area (Å²) in [5.74, 6) is 0.760. The number of allylic oxidation sites excluding steroid dienone is 2. The largest absolute Gasteiger partial charge is 0.338 e. The quantitative estimate of drug-likeness (QED) is 0.572. The fourth-order valence-electron chi connectivity index (χ4n) is 2.32. The van der Waals surface area contributed by atoms with Crippen LogP contribution in [0.15, 0.2) is 54.6 Å². The zero-order valence-electron chi connectivity index (χ0n) is 12.1. The summed E-state index contributed by atoms with van der Waals surface area (Å²) < 4.78 is 0. The second-order valence-electron chi connectivity index (χ2n) is 5.02. The maximum Gasteiger partial charge on any atom is 0.187 e. The van der Waals surface area contributed by atoms with E-state index in [0.717, 1.165) is 22.4 Å². The number of para-hydroxylation sites is 1. The highest BCUT2D eigenvalue weighted by Crippen LogP contribution is 2.23. The number of carbonyl (C=O) groups is 1. The van der Waals surface area contributed by atoms with Gasteiger partial charge in [-0.05, 0) is 32.1 Å². The van der Waals surface area contributed by atoms with Crippen LogP contribution in [0.4, 0.5) is 0 Å². The lowest BCUT2D eigenvalue weighted by Gasteiger charge is -1.97. The first-order chi connectivity index (χ1) is 10.2. The summed E-state index contributed by atoms with van der Waals surface area (Å²) in [4.78, 5) is 20.0. The van der Waals surface area contributed by atoms with Crippen LogP contribution >= 0.6 is 0 Å². The van der Waals surface area contributed by atoms with E-state index in [4.69, 9.17) is 0 Å². The highest BCUT2D eigenvalue weighted by molar-refractivity contribution is 6.12. The van der Waals surface area contributed by atoms with E-state index in [1.54, 1.807) is 12.2 Å². The van der Waals surface area contributed by atoms with E-state index < -0.39 is 0 Å². The van der Waals surface area contributed by atoms with Crippen molar-refractivity contribution in [1.29, 1.82) is 0 Å². The Bertz CT molecular complexity index is 826. The van der Waals surface area contributed by atoms with Crippen LogP contribution in [-0.2, 0) is 0 Å². The molecule has 0 bridgehead atoms. The Morgan fingerprint density at radius 3 is 2.62 bits per heavy atom. The topological polar surface area (TPSA) is 45.8 Å². The third-order valence-electron chi connectivity index (χ3n) is 3.42. The lowest BCUT2D eigenvalue weighted by atomic mass is 10.1. The van der Waals surface area contributed by atoms with Gasteiger partial charge >= 0.3 is 0 Å². The lowest BCUT2D eigenvalue weighted by molar-refractivity contribution is 0.104. The number of benzene rings is 2. The molecular weight excluding hydrogens is 260 g/mol. The molecule has 0 unspecified atom stereocenters. The Kier molecular flexibility index (Phi) is 3.40. The number of imidazole rings is 1. The summed E-state index contributed by atoms with van der Waals surface area (Å²) in [6, 6.07) is 13.8. The predicted molar refractivity (Wildman–Crippen MR) is 85.4 cm³/mol. The summed E-state index contributed by atoms with van der Waals surface area (Å²) in [5, 5.41) is 0. The summed E-state index contributed by atoms with van der Waals surface area (Å²) in [6.07, 6.45) is 3.31. The standard InChI is InChI=1S/C18H16N2O/c1-3-5-16(21)14-6-4-7-15-17(14)20-18(19-15)13-10-8-12(2)9-11-13/h3-11H,1-2H3,(H,19,20). The van der Waals surface area contributed by atoms with E-state index in [1.807, 2.05) is 37.3 Å². The molecule has 0 aliphatic carbocycles. The van der Waals surface area contributed by atoms with Crippen LogP contribution in [0.25, 0.3) is 22.4 Å². The number of aromatic amines is 1. The molecule has 0 saturated carbocycles. The number of aryl methyl sites for hydroxylation is 1. The Hall–Kier alpha value is -2.68. The number of rotatable bonds is 3. The minimum Gasteiger partial charge on any atom is -0.338 e. The van der Waals surface area contributed by atoms with Crippen molar-refractivity contribution >= 4 is 16.8 Å². The third-order valence-corrected chi connectivity index (χ3v) is 3.42. The van der Waals surface area contributed by atoms with Crippen molar-refractivity contribution in [3.8, 4) is 11.4 Å². The molecule has 1 aromatic heterocycles. The summed E-state index contributed by atoms with van der Waals surface area (Å²) in [7, 11) is 0. The molecule has 0 fully saturated rings. The Morgan fingerprint density at radius 2 is 1.90 bits per heavy atom. The summed E-state index contributed by atoms with van der Waals surface area (Å²) in [5.41, 5.74) is 4.44. The van der Waals surface area contributed by atoms with Gasteiger partial charge in [0.15, 0.2) is 5.78 Å². The molecule has 104 valence electrons. The molecule has 0 amide bonds. The molecule has 0 spiro atoms. The number of aromatic nitrogens is 2. The van der Waals surface area contributed by atoms with Gasteiger partial charge in [0.1, 0.15) is 11.3 Å². The van der Waals surface area contributed by atoms with Crippen LogP contribution in [0.1, 0.15) is 22.8 Å². The Morgan fingerprint density at radius 1 is 1.14 bits per heavy atom. The van der Waals surface area contributed by atoms with E-state index in [-0.39, 0.29) is 5.78 Å². The van der Waals surface area contributed by atoms with Gasteiger partial charge in [-0.1, -0.05) is 42.0 Å². The first-order valence-electron chi connectivity index (χ1n) is 6.92. The maximum absolute atomic E-state index is 12.1. The van der Waals surface area contributed by atoms with Crippen LogP contribution in [-0.4, -0.2) is 15.8 Å². The highest BCUT2D eigenvalue weighted by atomic mass is 16.1. The first-order valence-corrected chi connectivity index (χ1v) is 6.92. The van der Waals surface area contributed by atoms with Gasteiger partial charge < -0.3 is 4.98 Å². The average Bonchev–Trinajstić information content (AvgIpc) is 2.92. The van der Waals surface area contributed by atoms with E-state index in [2.05, 4.69) is 29.0 Å². The number of fused-ring (bicyclic) bond motifs is 1. The second kappa shape index (κ2) is 5.37. The molecule has 1 heterocycles. The van der Waals surface area contributed by atoms with Gasteiger partial charge in [-0.15, -0.1) is 0 Å². The van der Waals surface area contributed by atoms with Gasteiger partial charge in [-0.2, -0.15) is 0 Å². The van der Waals surface area contributed by atoms with Gasteiger partial charge in [0, 0.05) is 11.1 Å². The molecule has 3 heteroatoms. The van der Waals surface area contributed by atoms with E-state index >= 15 is 0 Å². The van der Waals surface area contributed by atoms with Crippen LogP contribution < -0.4 is 0 Å². The van der Waals surface area contributed by atoms with Crippen molar-refractivity contribution < 1.29 is 4.79 Å². The molecule has 21 heavy (non-hydrogen) atoms. The zero-order valence-corrected chi connectivity index (χ0v) is 12.1. The number of nitrogens with zero attached hydrogens (tertiary/aromatic N) is 1. The van der Waals surface area contributed by atoms with Crippen LogP contribution in [0.2, 0.25) is 0 Å². The summed E-state index contributed by atoms with van der Waals surface area (Å²) >= 11 is 0. The molecule has 0 atom stereocenters. The van der Waals surface area contributed by atoms with Crippen LogP contribution in [0.5, 0.6) is 0 Å². The lowest BCUT2D eigenvalue weighted by Crippen LogP contribution is -1.95. The number of ketones is 1. The van der Waals surface area contributed by atoms with E-state index in [1.165, 1.54) is 5.56 Å². The molecule has 0 radical (unpaired) electrons. The molecule has 3 aromatic rings. The van der Waals surface area contributed by atoms with Gasteiger partial charge in [-0.25, -0.2) is 4.98 Å². The SMILES string of the molecule is CC=CC(=O)c1cccc2[nH]c(-c3ccc(C)cc3)nc12. The van der Waals surface area contributed by atoms with Crippen molar-refractivity contribution in [2.24, 2.45) is 0 Å². The summed E-state index contributed by atoms with van der Waals surface area (Å²) in [6.45, 7) is 3.89. The molecule has 3 rings (SSSR count). The van der Waals surface area contributed by atoms with Crippen molar-refractivity contribution in [2.75, 3.05) is 0 Å². The van der Waals surface area contributed by atoms with Crippen LogP contribution in [0, 0.1) is 6.92 Å². The van der Waals surface area contributed by atoms with Gasteiger partial charge in [-0.3, -0.25) is 4.79 Å². The zero-order chi connectivity index (χ0) is 14.8. The van der Waals surface area contributed by atoms with Gasteiger partial charge in [0.2, 0.25) is 0 Å². The number of H-pyrrole nitrogens is 1. The van der Waals surface area contributed by atoms with Gasteiger partial charge in [0.25, 0.3) is 0 Å². The van der Waals surface area contributed by atoms with E-state index in [0.29, 0.717) is 5.56 Å². The van der Waals surface area contributed by atoms with Crippen molar-refractivity contribution in [3.63, 3.8) is 0 Å².